The number of alkyl halides is 1. The van der Waals surface area contributed by atoms with E-state index >= 15 is 0 Å². The predicted molar refractivity (Wildman–Crippen MR) is 51.1 cm³/mol. The highest BCUT2D eigenvalue weighted by Crippen LogP contribution is 2.31. The Balaban J connectivity index is 3.08. The first-order valence-corrected chi connectivity index (χ1v) is 6.07. The highest BCUT2D eigenvalue weighted by molar-refractivity contribution is 8.14. The first kappa shape index (κ1) is 10.1. The van der Waals surface area contributed by atoms with Gasteiger partial charge in [-0.3, -0.25) is 0 Å². The number of hydrogen-bond acceptors (Lipinski definition) is 2. The van der Waals surface area contributed by atoms with E-state index in [1.54, 1.807) is 25.2 Å². The lowest BCUT2D eigenvalue weighted by Crippen LogP contribution is -2.35. The number of rotatable bonds is 1. The lowest BCUT2D eigenvalue weighted by Gasteiger charge is -2.25. The summed E-state index contributed by atoms with van der Waals surface area (Å²) < 4.78 is 22.0. The smallest absolute Gasteiger partial charge is 0.212 e. The molecule has 68 valence electrons. The molecule has 1 aliphatic rings. The van der Waals surface area contributed by atoms with Crippen molar-refractivity contribution in [1.29, 1.82) is 0 Å². The maximum absolute atomic E-state index is 11.0. The van der Waals surface area contributed by atoms with Gasteiger partial charge in [-0.2, -0.15) is 0 Å². The molecular formula is C7H8Cl2O2S. The van der Waals surface area contributed by atoms with Crippen LogP contribution in [0.4, 0.5) is 0 Å². The number of allylic oxidation sites excluding steroid dienone is 3. The van der Waals surface area contributed by atoms with Gasteiger partial charge in [0.15, 0.2) is 0 Å². The molecule has 1 aliphatic carbocycles. The zero-order valence-electron chi connectivity index (χ0n) is 6.37. The van der Waals surface area contributed by atoms with Crippen molar-refractivity contribution in [3.8, 4) is 0 Å². The van der Waals surface area contributed by atoms with Crippen LogP contribution in [0.15, 0.2) is 24.3 Å². The molecule has 0 fully saturated rings. The van der Waals surface area contributed by atoms with Gasteiger partial charge in [-0.05, 0) is 6.92 Å². The van der Waals surface area contributed by atoms with Gasteiger partial charge in [0.2, 0.25) is 9.05 Å². The van der Waals surface area contributed by atoms with Gasteiger partial charge in [-0.25, -0.2) is 8.42 Å². The lowest BCUT2D eigenvalue weighted by molar-refractivity contribution is 0.592. The molecule has 0 saturated heterocycles. The molecule has 0 heterocycles. The van der Waals surface area contributed by atoms with Crippen LogP contribution < -0.4 is 0 Å². The molecule has 5 heteroatoms. The van der Waals surface area contributed by atoms with Crippen molar-refractivity contribution in [1.82, 2.24) is 0 Å². The Kier molecular flexibility index (Phi) is 2.57. The van der Waals surface area contributed by atoms with Gasteiger partial charge < -0.3 is 0 Å². The topological polar surface area (TPSA) is 34.1 Å². The summed E-state index contributed by atoms with van der Waals surface area (Å²) in [5.74, 6) is 0. The van der Waals surface area contributed by atoms with E-state index in [1.165, 1.54) is 6.08 Å². The summed E-state index contributed by atoms with van der Waals surface area (Å²) >= 11 is 5.92. The minimum atomic E-state index is -3.63. The first-order valence-electron chi connectivity index (χ1n) is 3.32. The van der Waals surface area contributed by atoms with Crippen molar-refractivity contribution < 1.29 is 8.42 Å². The fraction of sp³-hybridized carbons (Fsp3) is 0.429. The van der Waals surface area contributed by atoms with E-state index in [-0.39, 0.29) is 0 Å². The van der Waals surface area contributed by atoms with Crippen molar-refractivity contribution in [3.05, 3.63) is 24.3 Å². The fourth-order valence-electron chi connectivity index (χ4n) is 1.06. The summed E-state index contributed by atoms with van der Waals surface area (Å²) in [7, 11) is 1.57. The molecule has 1 rings (SSSR count). The second-order valence-electron chi connectivity index (χ2n) is 2.79. The Morgan fingerprint density at radius 1 is 1.42 bits per heavy atom. The van der Waals surface area contributed by atoms with Crippen LogP contribution in [0.3, 0.4) is 0 Å². The number of halogens is 2. The SMILES string of the molecule is CC1(Cl)C=CC=CC1S(=O)(=O)Cl. The van der Waals surface area contributed by atoms with Crippen molar-refractivity contribution in [3.63, 3.8) is 0 Å². The molecule has 0 N–H and O–H groups in total. The monoisotopic (exact) mass is 226 g/mol. The lowest BCUT2D eigenvalue weighted by atomic mass is 10.0. The van der Waals surface area contributed by atoms with Gasteiger partial charge in [0.25, 0.3) is 0 Å². The van der Waals surface area contributed by atoms with Crippen molar-refractivity contribution in [2.45, 2.75) is 17.0 Å². The molecule has 0 bridgehead atoms. The molecule has 0 aliphatic heterocycles. The van der Waals surface area contributed by atoms with E-state index in [9.17, 15) is 8.42 Å². The molecule has 0 aromatic heterocycles. The van der Waals surface area contributed by atoms with E-state index in [0.717, 1.165) is 0 Å². The summed E-state index contributed by atoms with van der Waals surface area (Å²) in [6.07, 6.45) is 6.41. The van der Waals surface area contributed by atoms with Gasteiger partial charge in [-0.15, -0.1) is 11.6 Å². The van der Waals surface area contributed by atoms with Crippen LogP contribution in [0, 0.1) is 0 Å². The third kappa shape index (κ3) is 2.03. The Hall–Kier alpha value is 0.01000. The third-order valence-electron chi connectivity index (χ3n) is 1.68. The minimum absolute atomic E-state index is 0.849. The van der Waals surface area contributed by atoms with Gasteiger partial charge in [-0.1, -0.05) is 24.3 Å². The standard InChI is InChI=1S/C7H8Cl2O2S/c1-7(8)5-3-2-4-6(7)12(9,10)11/h2-6H,1H3. The normalized spacial score (nSPS) is 35.4. The van der Waals surface area contributed by atoms with E-state index < -0.39 is 19.2 Å². The van der Waals surface area contributed by atoms with Crippen LogP contribution in [0.5, 0.6) is 0 Å². The van der Waals surface area contributed by atoms with Crippen LogP contribution in [-0.2, 0) is 9.05 Å². The van der Waals surface area contributed by atoms with E-state index in [1.807, 2.05) is 0 Å². The Morgan fingerprint density at radius 3 is 2.33 bits per heavy atom. The highest BCUT2D eigenvalue weighted by Gasteiger charge is 2.37. The summed E-state index contributed by atoms with van der Waals surface area (Å²) in [5, 5.41) is -0.849. The van der Waals surface area contributed by atoms with Gasteiger partial charge in [0.05, 0.1) is 4.87 Å². The van der Waals surface area contributed by atoms with Crippen LogP contribution in [0.2, 0.25) is 0 Å². The van der Waals surface area contributed by atoms with E-state index in [4.69, 9.17) is 22.3 Å². The maximum Gasteiger partial charge on any atom is 0.241 e. The van der Waals surface area contributed by atoms with E-state index in [0.29, 0.717) is 0 Å². The maximum atomic E-state index is 11.0. The second-order valence-corrected chi connectivity index (χ2v) is 6.36. The Bertz CT molecular complexity index is 327. The summed E-state index contributed by atoms with van der Waals surface area (Å²) in [5.41, 5.74) is 0. The summed E-state index contributed by atoms with van der Waals surface area (Å²) in [4.78, 5) is -0.935. The molecule has 0 saturated carbocycles. The molecule has 12 heavy (non-hydrogen) atoms. The quantitative estimate of drug-likeness (QED) is 0.507. The van der Waals surface area contributed by atoms with Crippen LogP contribution in [0.1, 0.15) is 6.92 Å². The zero-order chi connectivity index (χ0) is 9.41. The van der Waals surface area contributed by atoms with E-state index in [2.05, 4.69) is 0 Å². The third-order valence-corrected chi connectivity index (χ3v) is 4.00. The number of hydrogen-bond donors (Lipinski definition) is 0. The largest absolute Gasteiger partial charge is 0.241 e. The van der Waals surface area contributed by atoms with Gasteiger partial charge in [0.1, 0.15) is 5.25 Å². The first-order chi connectivity index (χ1) is 5.34. The summed E-state index contributed by atoms with van der Waals surface area (Å²) in [6.45, 7) is 1.61. The van der Waals surface area contributed by atoms with Crippen molar-refractivity contribution in [2.75, 3.05) is 0 Å². The van der Waals surface area contributed by atoms with Crippen molar-refractivity contribution in [2.24, 2.45) is 0 Å². The molecule has 0 radical (unpaired) electrons. The van der Waals surface area contributed by atoms with Gasteiger partial charge in [0, 0.05) is 10.7 Å². The van der Waals surface area contributed by atoms with Crippen LogP contribution in [-0.4, -0.2) is 18.5 Å². The van der Waals surface area contributed by atoms with Crippen molar-refractivity contribution >= 4 is 31.3 Å². The molecule has 2 unspecified atom stereocenters. The molecular weight excluding hydrogens is 219 g/mol. The van der Waals surface area contributed by atoms with Crippen LogP contribution >= 0.6 is 22.3 Å². The minimum Gasteiger partial charge on any atom is -0.212 e. The molecule has 0 aromatic rings. The Morgan fingerprint density at radius 2 is 2.00 bits per heavy atom. The average Bonchev–Trinajstić information content (AvgIpc) is 1.83. The molecule has 2 nitrogen and oxygen atoms in total. The van der Waals surface area contributed by atoms with Crippen LogP contribution in [0.25, 0.3) is 0 Å². The average molecular weight is 227 g/mol. The highest BCUT2D eigenvalue weighted by atomic mass is 35.7. The van der Waals surface area contributed by atoms with Gasteiger partial charge >= 0.3 is 0 Å². The predicted octanol–water partition coefficient (Wildman–Crippen LogP) is 2.05. The second kappa shape index (κ2) is 3.05. The Labute approximate surface area is 81.3 Å². The molecule has 0 aromatic carbocycles. The molecule has 0 spiro atoms. The zero-order valence-corrected chi connectivity index (χ0v) is 8.70. The fourth-order valence-corrected chi connectivity index (χ4v) is 3.34. The molecule has 0 amide bonds. The molecule has 2 atom stereocenters. The summed E-state index contributed by atoms with van der Waals surface area (Å²) in [6, 6.07) is 0.